The van der Waals surface area contributed by atoms with E-state index in [2.05, 4.69) is 27.8 Å². The van der Waals surface area contributed by atoms with Crippen LogP contribution in [-0.2, 0) is 25.5 Å². The first-order valence-electron chi connectivity index (χ1n) is 8.88. The van der Waals surface area contributed by atoms with Crippen LogP contribution in [0.1, 0.15) is 32.3 Å². The van der Waals surface area contributed by atoms with E-state index in [1.54, 1.807) is 0 Å². The van der Waals surface area contributed by atoms with Crippen molar-refractivity contribution in [3.8, 4) is 11.3 Å². The lowest BCUT2D eigenvalue weighted by atomic mass is 10.1. The second-order valence-corrected chi connectivity index (χ2v) is 7.08. The fourth-order valence-electron chi connectivity index (χ4n) is 2.49. The minimum Gasteiger partial charge on any atom is -0.448 e. The van der Waals surface area contributed by atoms with Crippen LogP contribution in [0.25, 0.3) is 11.3 Å². The maximum Gasteiger partial charge on any atom is 0.355 e. The zero-order valence-corrected chi connectivity index (χ0v) is 16.3. The van der Waals surface area contributed by atoms with Crippen LogP contribution in [0.4, 0.5) is 5.13 Å². The number of ether oxygens (including phenoxy) is 1. The highest BCUT2D eigenvalue weighted by molar-refractivity contribution is 7.14. The number of nitrogens with zero attached hydrogens (tertiary/aromatic N) is 2. The van der Waals surface area contributed by atoms with Gasteiger partial charge < -0.3 is 4.74 Å². The molecular formula is C19H20N4O4S. The van der Waals surface area contributed by atoms with Crippen LogP contribution in [0.5, 0.6) is 0 Å². The predicted octanol–water partition coefficient (Wildman–Crippen LogP) is 2.51. The van der Waals surface area contributed by atoms with Crippen molar-refractivity contribution in [2.75, 3.05) is 5.32 Å². The van der Waals surface area contributed by atoms with E-state index in [4.69, 9.17) is 4.74 Å². The Morgan fingerprint density at radius 1 is 1.29 bits per heavy atom. The van der Waals surface area contributed by atoms with Crippen molar-refractivity contribution in [1.29, 1.82) is 0 Å². The molecule has 1 aliphatic heterocycles. The molecular weight excluding hydrogens is 380 g/mol. The molecule has 0 unspecified atom stereocenters. The van der Waals surface area contributed by atoms with Gasteiger partial charge in [0.05, 0.1) is 5.69 Å². The first-order valence-corrected chi connectivity index (χ1v) is 9.76. The lowest BCUT2D eigenvalue weighted by Gasteiger charge is -2.15. The third-order valence-corrected chi connectivity index (χ3v) is 4.94. The van der Waals surface area contributed by atoms with Gasteiger partial charge in [-0.25, -0.2) is 15.2 Å². The average molecular weight is 400 g/mol. The number of aromatic nitrogens is 1. The topological polar surface area (TPSA) is 110 Å². The van der Waals surface area contributed by atoms with Crippen molar-refractivity contribution in [3.05, 3.63) is 35.2 Å². The van der Waals surface area contributed by atoms with Crippen molar-refractivity contribution < 1.29 is 19.1 Å². The van der Waals surface area contributed by atoms with Crippen LogP contribution < -0.4 is 10.7 Å². The van der Waals surface area contributed by atoms with Crippen molar-refractivity contribution in [1.82, 2.24) is 10.4 Å². The molecule has 1 aliphatic rings. The Balaban J connectivity index is 1.57. The molecule has 0 aliphatic carbocycles. The highest BCUT2D eigenvalue weighted by atomic mass is 32.1. The number of hydrogen-bond donors (Lipinski definition) is 2. The quantitative estimate of drug-likeness (QED) is 0.724. The van der Waals surface area contributed by atoms with E-state index < -0.39 is 18.0 Å². The second kappa shape index (κ2) is 8.75. The van der Waals surface area contributed by atoms with Crippen molar-refractivity contribution in [2.24, 2.45) is 5.10 Å². The maximum atomic E-state index is 12.3. The number of anilines is 1. The van der Waals surface area contributed by atoms with E-state index in [-0.39, 0.29) is 24.5 Å². The number of thiazole rings is 1. The molecule has 2 amide bonds. The van der Waals surface area contributed by atoms with Crippen LogP contribution in [-0.4, -0.2) is 34.6 Å². The first kappa shape index (κ1) is 19.7. The lowest BCUT2D eigenvalue weighted by molar-refractivity contribution is -0.146. The van der Waals surface area contributed by atoms with Gasteiger partial charge in [-0.15, -0.1) is 11.3 Å². The standard InChI is InChI=1S/C19H20N4O4S/c1-3-12-4-6-13(7-5-12)15-10-28-19(20-15)21-17(25)11(2)27-18(26)14-8-9-16(24)23-22-14/h4-7,10-11H,3,8-9H2,1-2H3,(H,23,24)(H,20,21,25)/t11-/m1/s1. The van der Waals surface area contributed by atoms with Gasteiger partial charge in [-0.3, -0.25) is 14.9 Å². The second-order valence-electron chi connectivity index (χ2n) is 6.22. The molecule has 2 heterocycles. The van der Waals surface area contributed by atoms with Crippen molar-refractivity contribution >= 4 is 40.0 Å². The number of carbonyl (C=O) groups excluding carboxylic acids is 3. The van der Waals surface area contributed by atoms with Gasteiger partial charge in [0.1, 0.15) is 5.71 Å². The third kappa shape index (κ3) is 4.80. The molecule has 0 spiro atoms. The van der Waals surface area contributed by atoms with Crippen LogP contribution in [0.2, 0.25) is 0 Å². The Kier molecular flexibility index (Phi) is 6.15. The highest BCUT2D eigenvalue weighted by Crippen LogP contribution is 2.25. The minimum absolute atomic E-state index is 0.0892. The molecule has 8 nitrogen and oxygen atoms in total. The van der Waals surface area contributed by atoms with Gasteiger partial charge in [-0.2, -0.15) is 5.10 Å². The van der Waals surface area contributed by atoms with Gasteiger partial charge in [0.15, 0.2) is 11.2 Å². The molecule has 9 heteroatoms. The van der Waals surface area contributed by atoms with Gasteiger partial charge in [0.2, 0.25) is 5.91 Å². The number of benzene rings is 1. The van der Waals surface area contributed by atoms with Gasteiger partial charge in [0, 0.05) is 23.8 Å². The van der Waals surface area contributed by atoms with Gasteiger partial charge in [-0.05, 0) is 18.9 Å². The zero-order chi connectivity index (χ0) is 20.1. The summed E-state index contributed by atoms with van der Waals surface area (Å²) in [5.41, 5.74) is 5.28. The van der Waals surface area contributed by atoms with Crippen LogP contribution >= 0.6 is 11.3 Å². The zero-order valence-electron chi connectivity index (χ0n) is 15.5. The fraction of sp³-hybridized carbons (Fsp3) is 0.316. The number of hydrogen-bond acceptors (Lipinski definition) is 7. The molecule has 28 heavy (non-hydrogen) atoms. The van der Waals surface area contributed by atoms with Gasteiger partial charge >= 0.3 is 5.97 Å². The summed E-state index contributed by atoms with van der Waals surface area (Å²) in [7, 11) is 0. The Bertz CT molecular complexity index is 920. The fourth-order valence-corrected chi connectivity index (χ4v) is 3.21. The molecule has 0 fully saturated rings. The van der Waals surface area contributed by atoms with Crippen LogP contribution in [0, 0.1) is 0 Å². The summed E-state index contributed by atoms with van der Waals surface area (Å²) >= 11 is 1.29. The van der Waals surface area contributed by atoms with Crippen LogP contribution in [0.15, 0.2) is 34.7 Å². The summed E-state index contributed by atoms with van der Waals surface area (Å²) in [6.07, 6.45) is 0.291. The number of carbonyl (C=O) groups is 3. The molecule has 1 aromatic carbocycles. The molecule has 2 N–H and O–H groups in total. The summed E-state index contributed by atoms with van der Waals surface area (Å²) in [5.74, 6) is -1.47. The molecule has 1 aromatic heterocycles. The molecule has 146 valence electrons. The van der Waals surface area contributed by atoms with Gasteiger partial charge in [0.25, 0.3) is 5.91 Å². The first-order chi connectivity index (χ1) is 13.5. The van der Waals surface area contributed by atoms with E-state index in [0.29, 0.717) is 5.13 Å². The molecule has 0 bridgehead atoms. The van der Waals surface area contributed by atoms with Crippen molar-refractivity contribution in [3.63, 3.8) is 0 Å². The molecule has 3 rings (SSSR count). The van der Waals surface area contributed by atoms with Gasteiger partial charge in [-0.1, -0.05) is 31.2 Å². The molecule has 0 radical (unpaired) electrons. The van der Waals surface area contributed by atoms with E-state index in [1.165, 1.54) is 23.8 Å². The normalized spacial score (nSPS) is 14.6. The summed E-state index contributed by atoms with van der Waals surface area (Å²) in [4.78, 5) is 39.8. The molecule has 0 saturated heterocycles. The summed E-state index contributed by atoms with van der Waals surface area (Å²) in [5, 5.41) is 8.58. The summed E-state index contributed by atoms with van der Waals surface area (Å²) in [6.45, 7) is 3.56. The Hall–Kier alpha value is -3.07. The third-order valence-electron chi connectivity index (χ3n) is 4.19. The monoisotopic (exact) mass is 400 g/mol. The van der Waals surface area contributed by atoms with Crippen molar-refractivity contribution in [2.45, 2.75) is 39.2 Å². The Morgan fingerprint density at radius 2 is 2.04 bits per heavy atom. The highest BCUT2D eigenvalue weighted by Gasteiger charge is 2.24. The smallest absolute Gasteiger partial charge is 0.355 e. The van der Waals surface area contributed by atoms with E-state index in [0.717, 1.165) is 17.7 Å². The van der Waals surface area contributed by atoms with E-state index in [1.807, 2.05) is 29.6 Å². The van der Waals surface area contributed by atoms with E-state index in [9.17, 15) is 14.4 Å². The minimum atomic E-state index is -1.02. The molecule has 0 saturated carbocycles. The number of rotatable bonds is 6. The largest absolute Gasteiger partial charge is 0.448 e. The number of amides is 2. The maximum absolute atomic E-state index is 12.3. The van der Waals surface area contributed by atoms with E-state index >= 15 is 0 Å². The number of aryl methyl sites for hydroxylation is 1. The predicted molar refractivity (Wildman–Crippen MR) is 106 cm³/mol. The number of nitrogens with one attached hydrogen (secondary N) is 2. The summed E-state index contributed by atoms with van der Waals surface area (Å²) in [6, 6.07) is 8.08. The number of esters is 1. The number of hydrazone groups is 1. The SMILES string of the molecule is CCc1ccc(-c2csc(NC(=O)[C@@H](C)OC(=O)C3=NNC(=O)CC3)n2)cc1. The Morgan fingerprint density at radius 3 is 2.68 bits per heavy atom. The average Bonchev–Trinajstić information content (AvgIpc) is 3.17. The molecule has 2 aromatic rings. The lowest BCUT2D eigenvalue weighted by Crippen LogP contribution is -2.35. The van der Waals surface area contributed by atoms with Crippen LogP contribution in [0.3, 0.4) is 0 Å². The Labute approximate surface area is 166 Å². The molecule has 1 atom stereocenters. The summed E-state index contributed by atoms with van der Waals surface area (Å²) < 4.78 is 5.12.